The molecule has 1 saturated carbocycles. The number of ketones is 1. The van der Waals surface area contributed by atoms with Gasteiger partial charge in [0.1, 0.15) is 29.9 Å². The van der Waals surface area contributed by atoms with Gasteiger partial charge in [0.15, 0.2) is 11.5 Å². The van der Waals surface area contributed by atoms with Crippen molar-refractivity contribution in [1.82, 2.24) is 4.98 Å². The van der Waals surface area contributed by atoms with Crippen molar-refractivity contribution in [1.29, 1.82) is 0 Å². The molecular weight excluding hydrogens is 519 g/mol. The number of hydrogen-bond donors (Lipinski definition) is 2. The Morgan fingerprint density at radius 2 is 1.85 bits per heavy atom. The lowest BCUT2D eigenvalue weighted by molar-refractivity contribution is -0.187. The first-order valence-electron chi connectivity index (χ1n) is 13.4. The lowest BCUT2D eigenvalue weighted by Gasteiger charge is -2.34. The zero-order chi connectivity index (χ0) is 29.1. The van der Waals surface area contributed by atoms with Crippen molar-refractivity contribution >= 4 is 17.8 Å². The number of epoxide rings is 1. The number of halogens is 3. The van der Waals surface area contributed by atoms with Crippen LogP contribution < -0.4 is 0 Å². The van der Waals surface area contributed by atoms with Crippen LogP contribution in [0.5, 0.6) is 0 Å². The van der Waals surface area contributed by atoms with Gasteiger partial charge in [-0.15, -0.1) is 0 Å². The van der Waals surface area contributed by atoms with Crippen molar-refractivity contribution in [2.75, 3.05) is 0 Å². The summed E-state index contributed by atoms with van der Waals surface area (Å²) in [5, 5.41) is 21.8. The summed E-state index contributed by atoms with van der Waals surface area (Å²) in [6, 6.07) is 0. The van der Waals surface area contributed by atoms with Crippen molar-refractivity contribution in [3.63, 3.8) is 0 Å². The maximum Gasteiger partial charge on any atom is 0.420 e. The minimum atomic E-state index is -4.64. The monoisotopic (exact) mass is 557 g/mol. The highest BCUT2D eigenvalue weighted by molar-refractivity contribution is 5.88. The van der Waals surface area contributed by atoms with Gasteiger partial charge in [-0.2, -0.15) is 13.2 Å². The Morgan fingerprint density at radius 1 is 1.18 bits per heavy atom. The second-order valence-electron chi connectivity index (χ2n) is 12.2. The molecule has 3 heterocycles. The summed E-state index contributed by atoms with van der Waals surface area (Å²) >= 11 is 0. The number of carbonyl (C=O) groups is 2. The van der Waals surface area contributed by atoms with Crippen molar-refractivity contribution in [3.8, 4) is 0 Å². The molecule has 8 nitrogen and oxygen atoms in total. The molecule has 9 atom stereocenters. The first-order valence-corrected chi connectivity index (χ1v) is 13.4. The van der Waals surface area contributed by atoms with Crippen molar-refractivity contribution in [2.45, 2.75) is 103 Å². The van der Waals surface area contributed by atoms with E-state index in [2.05, 4.69) is 4.98 Å². The smallest absolute Gasteiger partial charge is 0.420 e. The highest BCUT2D eigenvalue weighted by atomic mass is 19.4. The molecule has 218 valence electrons. The number of Topliss-reactive ketones (excluding diaryl/α,β-unsaturated/α-hetero) is 1. The summed E-state index contributed by atoms with van der Waals surface area (Å²) in [5.74, 6) is -2.74. The van der Waals surface area contributed by atoms with E-state index in [1.807, 2.05) is 0 Å². The minimum Gasteiger partial charge on any atom is -0.458 e. The average Bonchev–Trinajstić information content (AvgIpc) is 3.72. The van der Waals surface area contributed by atoms with Gasteiger partial charge in [-0.3, -0.25) is 9.59 Å². The van der Waals surface area contributed by atoms with Gasteiger partial charge in [-0.1, -0.05) is 27.7 Å². The van der Waals surface area contributed by atoms with E-state index in [1.54, 1.807) is 33.8 Å². The number of alkyl halides is 3. The number of aromatic nitrogens is 1. The minimum absolute atomic E-state index is 0.189. The van der Waals surface area contributed by atoms with E-state index in [0.717, 1.165) is 0 Å². The second-order valence-corrected chi connectivity index (χ2v) is 12.2. The van der Waals surface area contributed by atoms with Gasteiger partial charge in [0.2, 0.25) is 0 Å². The number of aliphatic hydroxyl groups excluding tert-OH is 2. The Bertz CT molecular complexity index is 1130. The van der Waals surface area contributed by atoms with Crippen LogP contribution in [0.25, 0.3) is 6.08 Å². The maximum absolute atomic E-state index is 14.3. The van der Waals surface area contributed by atoms with Crippen LogP contribution in [-0.4, -0.2) is 63.1 Å². The van der Waals surface area contributed by atoms with Crippen molar-refractivity contribution < 1.29 is 46.9 Å². The van der Waals surface area contributed by atoms with Crippen LogP contribution in [0, 0.1) is 36.0 Å². The predicted octanol–water partition coefficient (Wildman–Crippen LogP) is 4.41. The number of hydrogen-bond acceptors (Lipinski definition) is 8. The molecule has 4 rings (SSSR count). The molecule has 2 aliphatic heterocycles. The van der Waals surface area contributed by atoms with Crippen LogP contribution in [0.3, 0.4) is 0 Å². The molecule has 11 heteroatoms. The SMILES string of the molecule is C/C(=C\c1coc(C)n1)[C@H]1CC2OC2(C(F)(F)F)CC2CC2[C@H](C)[C@@H](O)[C@@H](C)C(=O)C(C)(C)[C@@H](O)CC(=O)O1. The summed E-state index contributed by atoms with van der Waals surface area (Å²) in [5.41, 5.74) is -2.89. The van der Waals surface area contributed by atoms with Gasteiger partial charge in [0, 0.05) is 19.3 Å². The molecule has 1 aliphatic carbocycles. The number of ether oxygens (including phenoxy) is 2. The van der Waals surface area contributed by atoms with Gasteiger partial charge in [0.05, 0.1) is 24.0 Å². The number of fused-ring (bicyclic) bond motifs is 2. The number of esters is 1. The lowest BCUT2D eigenvalue weighted by atomic mass is 9.72. The van der Waals surface area contributed by atoms with Gasteiger partial charge < -0.3 is 24.1 Å². The number of carbonyl (C=O) groups excluding carboxylic acids is 2. The van der Waals surface area contributed by atoms with Crippen LogP contribution in [0.1, 0.15) is 71.9 Å². The molecule has 0 amide bonds. The number of aryl methyl sites for hydroxylation is 1. The quantitative estimate of drug-likeness (QED) is 0.405. The molecule has 2 saturated heterocycles. The van der Waals surface area contributed by atoms with Crippen LogP contribution in [0.15, 0.2) is 16.3 Å². The zero-order valence-electron chi connectivity index (χ0n) is 23.1. The van der Waals surface area contributed by atoms with Gasteiger partial charge in [-0.05, 0) is 49.2 Å². The second kappa shape index (κ2) is 10.3. The first-order chi connectivity index (χ1) is 18.0. The molecule has 0 radical (unpaired) electrons. The Balaban J connectivity index is 1.67. The summed E-state index contributed by atoms with van der Waals surface area (Å²) in [6.07, 6.45) is -7.11. The van der Waals surface area contributed by atoms with Crippen LogP contribution in [0.2, 0.25) is 0 Å². The van der Waals surface area contributed by atoms with Crippen LogP contribution in [0.4, 0.5) is 13.2 Å². The summed E-state index contributed by atoms with van der Waals surface area (Å²) in [4.78, 5) is 30.4. The number of cyclic esters (lactones) is 1. The number of nitrogens with zero attached hydrogens (tertiary/aromatic N) is 1. The summed E-state index contributed by atoms with van der Waals surface area (Å²) in [7, 11) is 0. The first kappa shape index (κ1) is 29.7. The standard InChI is InChI=1S/C28H38F3NO7/c1-13(7-18-12-37-16(4)32-18)20-9-22-27(39-22,28(29,30)31)11-17-8-19(17)14(2)24(35)15(3)25(36)26(5,6)21(33)10-23(34)38-20/h7,12,14-15,17,19-22,24,33,35H,8-11H2,1-6H3/b13-7+/t14-,15+,17?,19?,20+,21-,22?,24+,27?/m0/s1. The average molecular weight is 558 g/mol. The third-order valence-electron chi connectivity index (χ3n) is 9.03. The summed E-state index contributed by atoms with van der Waals surface area (Å²) < 4.78 is 59.2. The zero-order valence-corrected chi connectivity index (χ0v) is 23.1. The van der Waals surface area contributed by atoms with Crippen LogP contribution in [-0.2, 0) is 19.1 Å². The van der Waals surface area contributed by atoms with E-state index in [9.17, 15) is 33.0 Å². The fourth-order valence-corrected chi connectivity index (χ4v) is 6.07. The summed E-state index contributed by atoms with van der Waals surface area (Å²) in [6.45, 7) is 9.56. The normalized spacial score (nSPS) is 39.9. The van der Waals surface area contributed by atoms with E-state index >= 15 is 0 Å². The van der Waals surface area contributed by atoms with Crippen LogP contribution >= 0.6 is 0 Å². The number of aliphatic hydroxyl groups is 2. The molecule has 0 aromatic carbocycles. The van der Waals surface area contributed by atoms with Crippen molar-refractivity contribution in [3.05, 3.63) is 23.4 Å². The van der Waals surface area contributed by atoms with Gasteiger partial charge in [0.25, 0.3) is 0 Å². The van der Waals surface area contributed by atoms with Crippen molar-refractivity contribution in [2.24, 2.45) is 29.1 Å². The van der Waals surface area contributed by atoms with E-state index in [4.69, 9.17) is 13.9 Å². The molecule has 4 unspecified atom stereocenters. The molecule has 0 spiro atoms. The Morgan fingerprint density at radius 3 is 2.44 bits per heavy atom. The maximum atomic E-state index is 14.3. The third kappa shape index (κ3) is 5.81. The third-order valence-corrected chi connectivity index (χ3v) is 9.03. The van der Waals surface area contributed by atoms with E-state index in [-0.39, 0.29) is 24.7 Å². The molecule has 39 heavy (non-hydrogen) atoms. The lowest BCUT2D eigenvalue weighted by Crippen LogP contribution is -2.46. The molecule has 0 bridgehead atoms. The number of rotatable bonds is 2. The van der Waals surface area contributed by atoms with E-state index < -0.39 is 71.6 Å². The molecule has 2 N–H and O–H groups in total. The fraction of sp³-hybridized carbons (Fsp3) is 0.750. The van der Waals surface area contributed by atoms with E-state index in [1.165, 1.54) is 20.1 Å². The topological polar surface area (TPSA) is 122 Å². The fourth-order valence-electron chi connectivity index (χ4n) is 6.07. The Kier molecular flexibility index (Phi) is 7.86. The number of oxazole rings is 1. The molecule has 1 aromatic rings. The molecule has 3 fully saturated rings. The van der Waals surface area contributed by atoms with Gasteiger partial charge >= 0.3 is 12.1 Å². The highest BCUT2D eigenvalue weighted by Gasteiger charge is 2.74. The Hall–Kier alpha value is -2.24. The predicted molar refractivity (Wildman–Crippen MR) is 133 cm³/mol. The van der Waals surface area contributed by atoms with Gasteiger partial charge in [-0.25, -0.2) is 4.98 Å². The molecule has 1 aromatic heterocycles. The molecule has 3 aliphatic rings. The Labute approximate surface area is 225 Å². The molecular formula is C28H38F3NO7. The van der Waals surface area contributed by atoms with E-state index in [0.29, 0.717) is 23.6 Å². The highest BCUT2D eigenvalue weighted by Crippen LogP contribution is 2.61. The largest absolute Gasteiger partial charge is 0.458 e.